The average molecular weight is 281 g/mol. The summed E-state index contributed by atoms with van der Waals surface area (Å²) in [5, 5.41) is 18.3. The Kier molecular flexibility index (Phi) is 4.54. The van der Waals surface area contributed by atoms with Gasteiger partial charge in [0.1, 0.15) is 6.33 Å². The SMILES string of the molecule is Cn1ncnc1NC(=O)NCC1CCCCC1C(=O)O. The van der Waals surface area contributed by atoms with Gasteiger partial charge in [-0.25, -0.2) is 9.48 Å². The van der Waals surface area contributed by atoms with Crippen molar-refractivity contribution in [3.8, 4) is 0 Å². The van der Waals surface area contributed by atoms with Crippen molar-refractivity contribution in [2.24, 2.45) is 18.9 Å². The smallest absolute Gasteiger partial charge is 0.321 e. The summed E-state index contributed by atoms with van der Waals surface area (Å²) in [4.78, 5) is 26.8. The Bertz CT molecular complexity index is 487. The summed E-state index contributed by atoms with van der Waals surface area (Å²) >= 11 is 0. The number of amides is 2. The summed E-state index contributed by atoms with van der Waals surface area (Å²) in [7, 11) is 1.67. The Morgan fingerprint density at radius 2 is 2.20 bits per heavy atom. The van der Waals surface area contributed by atoms with Crippen LogP contribution in [0.5, 0.6) is 0 Å². The zero-order chi connectivity index (χ0) is 14.5. The Morgan fingerprint density at radius 3 is 2.85 bits per heavy atom. The predicted octanol–water partition coefficient (Wildman–Crippen LogP) is 0.828. The molecule has 1 aromatic rings. The minimum atomic E-state index is -0.773. The van der Waals surface area contributed by atoms with Gasteiger partial charge in [0, 0.05) is 13.6 Å². The molecule has 2 unspecified atom stereocenters. The average Bonchev–Trinajstić information content (AvgIpc) is 2.82. The number of nitrogens with one attached hydrogen (secondary N) is 2. The summed E-state index contributed by atoms with van der Waals surface area (Å²) in [5.74, 6) is -0.795. The Morgan fingerprint density at radius 1 is 1.45 bits per heavy atom. The van der Waals surface area contributed by atoms with Crippen LogP contribution in [0.15, 0.2) is 6.33 Å². The van der Waals surface area contributed by atoms with Crippen molar-refractivity contribution < 1.29 is 14.7 Å². The minimum Gasteiger partial charge on any atom is -0.481 e. The molecule has 2 rings (SSSR count). The number of aryl methyl sites for hydroxylation is 1. The first-order valence-corrected chi connectivity index (χ1v) is 6.69. The van der Waals surface area contributed by atoms with Crippen LogP contribution in [0.1, 0.15) is 25.7 Å². The third kappa shape index (κ3) is 3.46. The molecule has 0 aromatic carbocycles. The van der Waals surface area contributed by atoms with E-state index < -0.39 is 12.0 Å². The third-order valence-electron chi connectivity index (χ3n) is 3.69. The zero-order valence-corrected chi connectivity index (χ0v) is 11.4. The van der Waals surface area contributed by atoms with Crippen molar-refractivity contribution in [1.82, 2.24) is 20.1 Å². The molecule has 2 atom stereocenters. The van der Waals surface area contributed by atoms with E-state index >= 15 is 0 Å². The van der Waals surface area contributed by atoms with Crippen LogP contribution in [0.25, 0.3) is 0 Å². The van der Waals surface area contributed by atoms with Gasteiger partial charge in [0.2, 0.25) is 5.95 Å². The maximum atomic E-state index is 11.7. The molecule has 20 heavy (non-hydrogen) atoms. The molecule has 110 valence electrons. The lowest BCUT2D eigenvalue weighted by atomic mass is 9.79. The number of carboxylic acid groups (broad SMARTS) is 1. The second-order valence-corrected chi connectivity index (χ2v) is 5.03. The van der Waals surface area contributed by atoms with Crippen LogP contribution in [0.3, 0.4) is 0 Å². The lowest BCUT2D eigenvalue weighted by molar-refractivity contribution is -0.144. The second-order valence-electron chi connectivity index (χ2n) is 5.03. The molecule has 2 amide bonds. The van der Waals surface area contributed by atoms with Crippen molar-refractivity contribution >= 4 is 17.9 Å². The van der Waals surface area contributed by atoms with Crippen molar-refractivity contribution in [2.45, 2.75) is 25.7 Å². The highest BCUT2D eigenvalue weighted by atomic mass is 16.4. The van der Waals surface area contributed by atoms with E-state index in [1.54, 1.807) is 7.05 Å². The lowest BCUT2D eigenvalue weighted by Crippen LogP contribution is -2.39. The molecule has 1 saturated carbocycles. The number of aliphatic carboxylic acids is 1. The molecular weight excluding hydrogens is 262 g/mol. The third-order valence-corrected chi connectivity index (χ3v) is 3.69. The fourth-order valence-corrected chi connectivity index (χ4v) is 2.56. The van der Waals surface area contributed by atoms with Crippen LogP contribution in [0.4, 0.5) is 10.7 Å². The number of hydrogen-bond acceptors (Lipinski definition) is 4. The van der Waals surface area contributed by atoms with E-state index in [1.165, 1.54) is 11.0 Å². The van der Waals surface area contributed by atoms with E-state index in [0.29, 0.717) is 18.9 Å². The molecule has 8 nitrogen and oxygen atoms in total. The number of urea groups is 1. The van der Waals surface area contributed by atoms with E-state index in [1.807, 2.05) is 0 Å². The van der Waals surface area contributed by atoms with Gasteiger partial charge < -0.3 is 10.4 Å². The number of anilines is 1. The summed E-state index contributed by atoms with van der Waals surface area (Å²) in [5.41, 5.74) is 0. The van der Waals surface area contributed by atoms with Gasteiger partial charge >= 0.3 is 12.0 Å². The highest BCUT2D eigenvalue weighted by Gasteiger charge is 2.30. The first-order valence-electron chi connectivity index (χ1n) is 6.69. The molecule has 1 aliphatic rings. The molecule has 1 heterocycles. The van der Waals surface area contributed by atoms with E-state index in [0.717, 1.165) is 19.3 Å². The molecule has 0 bridgehead atoms. The summed E-state index contributed by atoms with van der Waals surface area (Å²) in [6.45, 7) is 0.362. The van der Waals surface area contributed by atoms with Crippen LogP contribution < -0.4 is 10.6 Å². The number of nitrogens with zero attached hydrogens (tertiary/aromatic N) is 3. The number of aromatic nitrogens is 3. The maximum Gasteiger partial charge on any atom is 0.321 e. The van der Waals surface area contributed by atoms with Crippen molar-refractivity contribution in [3.63, 3.8) is 0 Å². The van der Waals surface area contributed by atoms with Crippen molar-refractivity contribution in [1.29, 1.82) is 0 Å². The Labute approximate surface area is 116 Å². The van der Waals surface area contributed by atoms with Crippen molar-refractivity contribution in [2.75, 3.05) is 11.9 Å². The van der Waals surface area contributed by atoms with Gasteiger partial charge in [-0.3, -0.25) is 10.1 Å². The van der Waals surface area contributed by atoms with Gasteiger partial charge in [-0.05, 0) is 18.8 Å². The number of carboxylic acids is 1. The van der Waals surface area contributed by atoms with Crippen LogP contribution in [-0.4, -0.2) is 38.4 Å². The van der Waals surface area contributed by atoms with Crippen LogP contribution in [0.2, 0.25) is 0 Å². The first-order chi connectivity index (χ1) is 9.58. The molecule has 1 aromatic heterocycles. The minimum absolute atomic E-state index is 0.00787. The molecule has 0 radical (unpaired) electrons. The zero-order valence-electron chi connectivity index (χ0n) is 11.4. The van der Waals surface area contributed by atoms with Crippen LogP contribution >= 0.6 is 0 Å². The molecule has 3 N–H and O–H groups in total. The summed E-state index contributed by atoms with van der Waals surface area (Å²) in [6, 6.07) is -0.393. The van der Waals surface area contributed by atoms with Crippen LogP contribution in [0, 0.1) is 11.8 Å². The highest BCUT2D eigenvalue weighted by molar-refractivity contribution is 5.87. The van der Waals surface area contributed by atoms with Gasteiger partial charge in [-0.2, -0.15) is 10.1 Å². The summed E-state index contributed by atoms with van der Waals surface area (Å²) < 4.78 is 1.44. The van der Waals surface area contributed by atoms with E-state index in [-0.39, 0.29) is 11.8 Å². The predicted molar refractivity (Wildman–Crippen MR) is 71.1 cm³/mol. The summed E-state index contributed by atoms with van der Waals surface area (Å²) in [6.07, 6.45) is 4.82. The quantitative estimate of drug-likeness (QED) is 0.757. The van der Waals surface area contributed by atoms with Gasteiger partial charge in [0.25, 0.3) is 0 Å². The maximum absolute atomic E-state index is 11.7. The van der Waals surface area contributed by atoms with Gasteiger partial charge in [0.15, 0.2) is 0 Å². The van der Waals surface area contributed by atoms with Gasteiger partial charge in [0.05, 0.1) is 5.92 Å². The van der Waals surface area contributed by atoms with E-state index in [2.05, 4.69) is 20.7 Å². The monoisotopic (exact) mass is 281 g/mol. The first kappa shape index (κ1) is 14.3. The highest BCUT2D eigenvalue weighted by Crippen LogP contribution is 2.29. The second kappa shape index (κ2) is 6.36. The molecule has 0 saturated heterocycles. The van der Waals surface area contributed by atoms with E-state index in [9.17, 15) is 9.59 Å². The number of rotatable bonds is 4. The van der Waals surface area contributed by atoms with Crippen molar-refractivity contribution in [3.05, 3.63) is 6.33 Å². The fourth-order valence-electron chi connectivity index (χ4n) is 2.56. The molecule has 8 heteroatoms. The fraction of sp³-hybridized carbons (Fsp3) is 0.667. The largest absolute Gasteiger partial charge is 0.481 e. The van der Waals surface area contributed by atoms with E-state index in [4.69, 9.17) is 5.11 Å². The number of carbonyl (C=O) groups excluding carboxylic acids is 1. The normalized spacial score (nSPS) is 22.2. The number of hydrogen-bond donors (Lipinski definition) is 3. The molecule has 1 fully saturated rings. The lowest BCUT2D eigenvalue weighted by Gasteiger charge is -2.28. The molecule has 0 aliphatic heterocycles. The Balaban J connectivity index is 1.83. The standard InChI is InChI=1S/C12H19N5O3/c1-17-11(14-7-15-17)16-12(20)13-6-8-4-2-3-5-9(8)10(18)19/h7-9H,2-6H2,1H3,(H,18,19)(H2,13,14,15,16,20). The Hall–Kier alpha value is -2.12. The van der Waals surface area contributed by atoms with Gasteiger partial charge in [-0.15, -0.1) is 0 Å². The van der Waals surface area contributed by atoms with Gasteiger partial charge in [-0.1, -0.05) is 12.8 Å². The number of carbonyl (C=O) groups is 2. The molecule has 0 spiro atoms. The molecule has 1 aliphatic carbocycles. The topological polar surface area (TPSA) is 109 Å². The molecular formula is C12H19N5O3. The van der Waals surface area contributed by atoms with Crippen LogP contribution in [-0.2, 0) is 11.8 Å².